The van der Waals surface area contributed by atoms with E-state index in [0.717, 1.165) is 33.8 Å². The van der Waals surface area contributed by atoms with Gasteiger partial charge in [0.25, 0.3) is 6.02 Å². The lowest BCUT2D eigenvalue weighted by atomic mass is 9.81. The third kappa shape index (κ3) is 5.17. The lowest BCUT2D eigenvalue weighted by Crippen LogP contribution is -2.53. The van der Waals surface area contributed by atoms with E-state index >= 15 is 4.39 Å². The largest absolute Gasteiger partial charge is 0.497 e. The molecule has 0 bridgehead atoms. The number of aryl methyl sites for hydroxylation is 2. The minimum Gasteiger partial charge on any atom is -0.497 e. The number of amidine groups is 1. The highest BCUT2D eigenvalue weighted by Crippen LogP contribution is 2.46. The molecule has 0 spiro atoms. The van der Waals surface area contributed by atoms with Crippen molar-refractivity contribution in [3.05, 3.63) is 94.3 Å². The first-order valence-electron chi connectivity index (χ1n) is 13.1. The van der Waals surface area contributed by atoms with Crippen molar-refractivity contribution < 1.29 is 27.7 Å². The average molecular weight is 537 g/mol. The molecule has 0 radical (unpaired) electrons. The number of fused-ring (bicyclic) bond motifs is 1. The van der Waals surface area contributed by atoms with Crippen LogP contribution in [0.25, 0.3) is 0 Å². The highest BCUT2D eigenvalue weighted by molar-refractivity contribution is 5.76. The minimum atomic E-state index is -1.10. The third-order valence-electron chi connectivity index (χ3n) is 7.62. The van der Waals surface area contributed by atoms with E-state index in [-0.39, 0.29) is 6.02 Å². The molecule has 3 atom stereocenters. The molecule has 2 aliphatic rings. The molecule has 2 aliphatic heterocycles. The number of hydrogen-bond donors (Lipinski definition) is 0. The van der Waals surface area contributed by atoms with Crippen LogP contribution < -0.4 is 9.47 Å². The van der Waals surface area contributed by atoms with Gasteiger partial charge in [0.2, 0.25) is 0 Å². The number of halogens is 2. The summed E-state index contributed by atoms with van der Waals surface area (Å²) in [5.74, 6) is 1.10. The van der Waals surface area contributed by atoms with Gasteiger partial charge in [0.1, 0.15) is 35.6 Å². The van der Waals surface area contributed by atoms with E-state index in [1.807, 2.05) is 55.1 Å². The second-order valence-corrected chi connectivity index (χ2v) is 10.1. The fraction of sp³-hybridized carbons (Fsp3) is 0.387. The highest BCUT2D eigenvalue weighted by Gasteiger charge is 2.55. The Morgan fingerprint density at radius 1 is 1.00 bits per heavy atom. The van der Waals surface area contributed by atoms with Crippen LogP contribution in [0.5, 0.6) is 11.5 Å². The highest BCUT2D eigenvalue weighted by atomic mass is 19.1. The van der Waals surface area contributed by atoms with Crippen molar-refractivity contribution in [2.75, 3.05) is 27.5 Å². The van der Waals surface area contributed by atoms with Gasteiger partial charge in [0.15, 0.2) is 6.10 Å². The van der Waals surface area contributed by atoms with Crippen molar-refractivity contribution >= 4 is 6.02 Å². The van der Waals surface area contributed by atoms with Gasteiger partial charge in [-0.25, -0.2) is 13.8 Å². The molecular weight excluding hydrogens is 502 g/mol. The monoisotopic (exact) mass is 536 g/mol. The zero-order valence-electron chi connectivity index (χ0n) is 22.7. The molecule has 2 heterocycles. The van der Waals surface area contributed by atoms with Gasteiger partial charge < -0.3 is 23.8 Å². The summed E-state index contributed by atoms with van der Waals surface area (Å²) in [5.41, 5.74) is 3.33. The Labute approximate surface area is 228 Å². The number of hydrogen-bond acceptors (Lipinski definition) is 6. The van der Waals surface area contributed by atoms with Crippen molar-refractivity contribution in [2.45, 2.75) is 51.1 Å². The van der Waals surface area contributed by atoms with Gasteiger partial charge in [-0.1, -0.05) is 36.4 Å². The van der Waals surface area contributed by atoms with Gasteiger partial charge in [-0.3, -0.25) is 0 Å². The average Bonchev–Trinajstić information content (AvgIpc) is 3.39. The van der Waals surface area contributed by atoms with E-state index in [1.54, 1.807) is 32.4 Å². The van der Waals surface area contributed by atoms with Crippen molar-refractivity contribution in [3.8, 4) is 11.5 Å². The maximum Gasteiger partial charge on any atom is 0.289 e. The van der Waals surface area contributed by atoms with Crippen molar-refractivity contribution in [1.29, 1.82) is 0 Å². The van der Waals surface area contributed by atoms with Gasteiger partial charge in [-0.05, 0) is 54.8 Å². The van der Waals surface area contributed by atoms with E-state index in [4.69, 9.17) is 23.9 Å². The number of alkyl halides is 1. The Morgan fingerprint density at radius 2 is 1.77 bits per heavy atom. The molecule has 1 fully saturated rings. The SMILES string of the molecule is COc1ccc(CN(Cc2ccc(C)cc2OC)C2=N[C@@]3(c4ccccc4F)CCO[C@H]3[C@@H](CF)O2)c(C)c1. The quantitative estimate of drug-likeness (QED) is 0.361. The maximum atomic E-state index is 15.2. The van der Waals surface area contributed by atoms with Crippen LogP contribution in [-0.2, 0) is 28.1 Å². The zero-order chi connectivity index (χ0) is 27.6. The topological polar surface area (TPSA) is 52.5 Å². The first-order chi connectivity index (χ1) is 18.9. The third-order valence-corrected chi connectivity index (χ3v) is 7.62. The van der Waals surface area contributed by atoms with Crippen LogP contribution in [0, 0.1) is 19.7 Å². The molecule has 0 amide bonds. The molecule has 39 heavy (non-hydrogen) atoms. The van der Waals surface area contributed by atoms with Crippen LogP contribution in [0.3, 0.4) is 0 Å². The van der Waals surface area contributed by atoms with E-state index in [0.29, 0.717) is 31.7 Å². The predicted molar refractivity (Wildman–Crippen MR) is 145 cm³/mol. The molecule has 1 saturated heterocycles. The maximum absolute atomic E-state index is 15.2. The number of ether oxygens (including phenoxy) is 4. The van der Waals surface area contributed by atoms with Gasteiger partial charge in [0.05, 0.1) is 27.4 Å². The van der Waals surface area contributed by atoms with Crippen LogP contribution in [0.4, 0.5) is 8.78 Å². The van der Waals surface area contributed by atoms with Crippen molar-refractivity contribution in [2.24, 2.45) is 4.99 Å². The first kappa shape index (κ1) is 26.9. The summed E-state index contributed by atoms with van der Waals surface area (Å²) in [5, 5.41) is 0. The number of nitrogens with zero attached hydrogens (tertiary/aromatic N) is 2. The molecule has 0 aromatic heterocycles. The van der Waals surface area contributed by atoms with Crippen LogP contribution in [0.2, 0.25) is 0 Å². The summed E-state index contributed by atoms with van der Waals surface area (Å²) in [6.45, 7) is 4.36. The summed E-state index contributed by atoms with van der Waals surface area (Å²) >= 11 is 0. The molecule has 0 unspecified atom stereocenters. The molecule has 3 aromatic carbocycles. The Balaban J connectivity index is 1.62. The summed E-state index contributed by atoms with van der Waals surface area (Å²) in [6.07, 6.45) is -1.24. The summed E-state index contributed by atoms with van der Waals surface area (Å²) in [7, 11) is 3.27. The molecule has 8 heteroatoms. The second-order valence-electron chi connectivity index (χ2n) is 10.1. The van der Waals surface area contributed by atoms with Gasteiger partial charge >= 0.3 is 0 Å². The Bertz CT molecular complexity index is 1360. The number of aliphatic imine (C=N–C) groups is 1. The smallest absolute Gasteiger partial charge is 0.289 e. The fourth-order valence-corrected chi connectivity index (χ4v) is 5.53. The number of methoxy groups -OCH3 is 2. The van der Waals surface area contributed by atoms with Crippen LogP contribution in [0.15, 0.2) is 65.7 Å². The fourth-order valence-electron chi connectivity index (χ4n) is 5.53. The molecule has 6 nitrogen and oxygen atoms in total. The minimum absolute atomic E-state index is 0.250. The Hall–Kier alpha value is -3.65. The normalized spacial score (nSPS) is 22.1. The lowest BCUT2D eigenvalue weighted by molar-refractivity contribution is -0.0534. The van der Waals surface area contributed by atoms with E-state index in [9.17, 15) is 4.39 Å². The first-order valence-corrected chi connectivity index (χ1v) is 13.1. The van der Waals surface area contributed by atoms with Crippen LogP contribution in [-0.4, -0.2) is 50.6 Å². The van der Waals surface area contributed by atoms with Crippen molar-refractivity contribution in [1.82, 2.24) is 4.90 Å². The van der Waals surface area contributed by atoms with Gasteiger partial charge in [0, 0.05) is 24.1 Å². The molecule has 0 aliphatic carbocycles. The summed E-state index contributed by atoms with van der Waals surface area (Å²) in [6, 6.07) is 18.6. The van der Waals surface area contributed by atoms with E-state index < -0.39 is 30.2 Å². The Kier molecular flexibility index (Phi) is 7.75. The number of benzene rings is 3. The van der Waals surface area contributed by atoms with Crippen molar-refractivity contribution in [3.63, 3.8) is 0 Å². The van der Waals surface area contributed by atoms with E-state index in [2.05, 4.69) is 0 Å². The van der Waals surface area contributed by atoms with Crippen LogP contribution >= 0.6 is 0 Å². The lowest BCUT2D eigenvalue weighted by Gasteiger charge is -2.42. The van der Waals surface area contributed by atoms with Gasteiger partial charge in [-0.2, -0.15) is 0 Å². The number of rotatable bonds is 8. The van der Waals surface area contributed by atoms with Gasteiger partial charge in [-0.15, -0.1) is 0 Å². The summed E-state index contributed by atoms with van der Waals surface area (Å²) in [4.78, 5) is 7.02. The molecule has 3 aromatic rings. The molecule has 206 valence electrons. The standard InChI is InChI=1S/C31H34F2N2O4/c1-20-9-10-23(27(15-20)37-4)19-35(18-22-11-12-24(36-3)16-21(22)2)30-34-31(25-7-5-6-8-26(25)33)13-14-38-29(31)28(17-32)39-30/h5-12,15-16,28-29H,13-14,17-19H2,1-4H3/t28-,29+,31-/m1/s1. The summed E-state index contributed by atoms with van der Waals surface area (Å²) < 4.78 is 52.9. The second kappa shape index (κ2) is 11.2. The zero-order valence-corrected chi connectivity index (χ0v) is 22.7. The Morgan fingerprint density at radius 3 is 2.49 bits per heavy atom. The molecule has 0 saturated carbocycles. The predicted octanol–water partition coefficient (Wildman–Crippen LogP) is 5.87. The molecular formula is C31H34F2N2O4. The van der Waals surface area contributed by atoms with E-state index in [1.165, 1.54) is 6.07 Å². The van der Waals surface area contributed by atoms with Crippen LogP contribution in [0.1, 0.15) is 34.2 Å². The molecule has 0 N–H and O–H groups in total. The molecule has 5 rings (SSSR count).